The van der Waals surface area contributed by atoms with Crippen molar-refractivity contribution in [2.45, 2.75) is 51.5 Å². The van der Waals surface area contributed by atoms with Crippen molar-refractivity contribution in [2.75, 3.05) is 18.5 Å². The fourth-order valence-corrected chi connectivity index (χ4v) is 4.25. The van der Waals surface area contributed by atoms with Crippen LogP contribution in [-0.4, -0.2) is 31.5 Å². The van der Waals surface area contributed by atoms with Crippen LogP contribution in [0.4, 0.5) is 10.5 Å². The van der Waals surface area contributed by atoms with Crippen molar-refractivity contribution in [1.82, 2.24) is 5.32 Å². The van der Waals surface area contributed by atoms with Crippen molar-refractivity contribution < 1.29 is 13.8 Å². The van der Waals surface area contributed by atoms with Crippen molar-refractivity contribution in [3.8, 4) is 0 Å². The number of ether oxygens (including phenoxy) is 1. The summed E-state index contributed by atoms with van der Waals surface area (Å²) in [6.07, 6.45) is 8.11. The zero-order valence-corrected chi connectivity index (χ0v) is 18.4. The Hall–Kier alpha value is -2.92. The average Bonchev–Trinajstić information content (AvgIpc) is 3.29. The first-order valence-electron chi connectivity index (χ1n) is 11.1. The molecule has 2 atom stereocenters. The number of allylic oxidation sites excluding steroid dienone is 2. The molecule has 2 aromatic carbocycles. The van der Waals surface area contributed by atoms with Gasteiger partial charge in [-0.05, 0) is 73.9 Å². The summed E-state index contributed by atoms with van der Waals surface area (Å²) >= 11 is 0. The number of anilines is 1. The summed E-state index contributed by atoms with van der Waals surface area (Å²) in [5.74, 6) is 0.223. The number of urea groups is 1. The first-order valence-corrected chi connectivity index (χ1v) is 11.1. The molecule has 5 heteroatoms. The minimum Gasteiger partial charge on any atom is -0.379 e. The zero-order chi connectivity index (χ0) is 21.6. The van der Waals surface area contributed by atoms with Crippen LogP contribution in [0.1, 0.15) is 51.7 Å². The van der Waals surface area contributed by atoms with E-state index in [9.17, 15) is 4.79 Å². The summed E-state index contributed by atoms with van der Waals surface area (Å²) in [6, 6.07) is 14.6. The highest BCUT2D eigenvalue weighted by atomic mass is 16.5. The van der Waals surface area contributed by atoms with Crippen LogP contribution in [0, 0.1) is 13.8 Å². The Labute approximate surface area is 189 Å². The van der Waals surface area contributed by atoms with Crippen LogP contribution in [0.25, 0.3) is 0 Å². The monoisotopic (exact) mass is 423 g/mol. The lowest BCUT2D eigenvalue weighted by molar-refractivity contribution is 0.189. The summed E-state index contributed by atoms with van der Waals surface area (Å²) in [6.45, 7) is 5.66. The second kappa shape index (κ2) is 9.92. The molecule has 0 aromatic heterocycles. The van der Waals surface area contributed by atoms with Gasteiger partial charge in [0.25, 0.3) is 0 Å². The van der Waals surface area contributed by atoms with E-state index in [0.717, 1.165) is 37.1 Å². The van der Waals surface area contributed by atoms with Gasteiger partial charge in [-0.25, -0.2) is 4.79 Å². The number of benzene rings is 2. The molecule has 0 bridgehead atoms. The number of carbonyl (C=O) groups excluding carboxylic acids is 1. The Balaban J connectivity index is 0.00000193. The molecular formula is C26H37N3O2. The van der Waals surface area contributed by atoms with E-state index in [1.807, 2.05) is 18.3 Å². The van der Waals surface area contributed by atoms with Crippen molar-refractivity contribution in [1.29, 1.82) is 0 Å². The van der Waals surface area contributed by atoms with E-state index in [0.29, 0.717) is 13.2 Å². The summed E-state index contributed by atoms with van der Waals surface area (Å²) in [4.78, 5) is 16.9. The smallest absolute Gasteiger partial charge is 0.319 e. The van der Waals surface area contributed by atoms with Gasteiger partial charge in [0.05, 0.1) is 12.6 Å². The number of rotatable bonds is 6. The lowest BCUT2D eigenvalue weighted by Gasteiger charge is -2.23. The number of nitrogens with one attached hydrogen (secondary N) is 2. The molecule has 2 aliphatic rings. The number of hydrogen-bond donors (Lipinski definition) is 2. The molecular weight excluding hydrogens is 386 g/mol. The van der Waals surface area contributed by atoms with Gasteiger partial charge in [-0.2, -0.15) is 0 Å². The summed E-state index contributed by atoms with van der Waals surface area (Å²) in [5, 5.41) is 5.87. The molecule has 2 amide bonds. The first kappa shape index (κ1) is 21.3. The van der Waals surface area contributed by atoms with E-state index < -0.39 is 0 Å². The third-order valence-electron chi connectivity index (χ3n) is 6.19. The van der Waals surface area contributed by atoms with Crippen molar-refractivity contribution in [3.63, 3.8) is 0 Å². The lowest BCUT2D eigenvalue weighted by atomic mass is 9.84. The van der Waals surface area contributed by atoms with E-state index in [1.165, 1.54) is 22.3 Å². The second-order valence-corrected chi connectivity index (χ2v) is 8.42. The Morgan fingerprint density at radius 2 is 2.03 bits per heavy atom. The Bertz CT molecular complexity index is 987. The van der Waals surface area contributed by atoms with Gasteiger partial charge >= 0.3 is 6.03 Å². The third-order valence-corrected chi connectivity index (χ3v) is 6.19. The molecule has 31 heavy (non-hydrogen) atoms. The van der Waals surface area contributed by atoms with Gasteiger partial charge in [0.1, 0.15) is 0 Å². The fourth-order valence-electron chi connectivity index (χ4n) is 4.25. The quantitative estimate of drug-likeness (QED) is 0.596. The molecule has 4 rings (SSSR count). The maximum atomic E-state index is 12.2. The number of carbonyl (C=O) groups is 1. The number of aryl methyl sites for hydroxylation is 1. The predicted octanol–water partition coefficient (Wildman–Crippen LogP) is 6.03. The number of hydrogen-bond acceptors (Lipinski definition) is 3. The minimum absolute atomic E-state index is 0. The molecule has 2 aliphatic heterocycles. The van der Waals surface area contributed by atoms with Gasteiger partial charge in [0, 0.05) is 34.4 Å². The summed E-state index contributed by atoms with van der Waals surface area (Å²) < 4.78 is 5.31. The highest BCUT2D eigenvalue weighted by Gasteiger charge is 2.21. The molecule has 2 unspecified atom stereocenters. The Kier molecular flexibility index (Phi) is 6.82. The highest BCUT2D eigenvalue weighted by Crippen LogP contribution is 2.34. The van der Waals surface area contributed by atoms with Gasteiger partial charge in [-0.3, -0.25) is 4.99 Å². The molecule has 0 saturated carbocycles. The maximum Gasteiger partial charge on any atom is 0.319 e. The normalized spacial score (nSPS) is 19.0. The Morgan fingerprint density at radius 3 is 2.74 bits per heavy atom. The molecule has 0 spiro atoms. The van der Waals surface area contributed by atoms with Crippen LogP contribution >= 0.6 is 0 Å². The summed E-state index contributed by atoms with van der Waals surface area (Å²) in [7, 11) is 0. The molecule has 0 aliphatic carbocycles. The minimum atomic E-state index is -0.182. The van der Waals surface area contributed by atoms with E-state index in [2.05, 4.69) is 60.9 Å². The molecule has 2 N–H and O–H groups in total. The number of nitrogens with zero attached hydrogens (tertiary/aromatic N) is 1. The molecule has 1 saturated heterocycles. The number of aliphatic imine (C=N–C) groups is 1. The van der Waals surface area contributed by atoms with Gasteiger partial charge in [-0.15, -0.1) is 0 Å². The standard InChI is InChI=1S/C26H31N3O2.3H2/c1-18-6-5-7-23(19(18)2)24(25-8-3-4-14-27-25)16-20-9-11-21(12-10-20)28-26(30)29-22-13-15-31-17-22;;;/h5-12,14,22,24H,3-4,13,15-17H2,1-2H3,(H2,28,29,30);3*1H. The van der Waals surface area contributed by atoms with Crippen molar-refractivity contribution >= 4 is 17.9 Å². The molecule has 1 fully saturated rings. The molecule has 5 nitrogen and oxygen atoms in total. The zero-order valence-electron chi connectivity index (χ0n) is 18.4. The topological polar surface area (TPSA) is 62.7 Å². The third kappa shape index (κ3) is 5.42. The molecule has 2 aromatic rings. The first-order chi connectivity index (χ1) is 15.1. The van der Waals surface area contributed by atoms with E-state index >= 15 is 0 Å². The molecule has 168 valence electrons. The van der Waals surface area contributed by atoms with Gasteiger partial charge in [0.15, 0.2) is 0 Å². The van der Waals surface area contributed by atoms with Gasteiger partial charge in [0.2, 0.25) is 0 Å². The van der Waals surface area contributed by atoms with Gasteiger partial charge < -0.3 is 15.4 Å². The molecule has 2 heterocycles. The van der Waals surface area contributed by atoms with Crippen LogP contribution in [-0.2, 0) is 11.2 Å². The van der Waals surface area contributed by atoms with Crippen LogP contribution < -0.4 is 10.6 Å². The lowest BCUT2D eigenvalue weighted by Crippen LogP contribution is -2.38. The van der Waals surface area contributed by atoms with Crippen LogP contribution in [0.3, 0.4) is 0 Å². The average molecular weight is 424 g/mol. The highest BCUT2D eigenvalue weighted by molar-refractivity contribution is 5.89. The van der Waals surface area contributed by atoms with Crippen molar-refractivity contribution in [2.24, 2.45) is 4.99 Å². The van der Waals surface area contributed by atoms with E-state index in [1.54, 1.807) is 0 Å². The largest absolute Gasteiger partial charge is 0.379 e. The van der Waals surface area contributed by atoms with Gasteiger partial charge in [-0.1, -0.05) is 36.4 Å². The number of amides is 2. The van der Waals surface area contributed by atoms with E-state index in [4.69, 9.17) is 9.73 Å². The van der Waals surface area contributed by atoms with Crippen LogP contribution in [0.15, 0.2) is 59.2 Å². The maximum absolute atomic E-state index is 12.2. The fraction of sp³-hybridized carbons (Fsp3) is 0.385. The second-order valence-electron chi connectivity index (χ2n) is 8.42. The van der Waals surface area contributed by atoms with Crippen LogP contribution in [0.2, 0.25) is 0 Å². The van der Waals surface area contributed by atoms with Crippen molar-refractivity contribution in [3.05, 3.63) is 76.5 Å². The van der Waals surface area contributed by atoms with E-state index in [-0.39, 0.29) is 22.3 Å². The molecule has 0 radical (unpaired) electrons. The summed E-state index contributed by atoms with van der Waals surface area (Å²) in [5.41, 5.74) is 7.15. The SMILES string of the molecule is Cc1cccc(C(Cc2ccc(NC(=O)NC3CCOC3)cc2)C2=CCCC=N2)c1C.[HH].[HH].[HH]. The Morgan fingerprint density at radius 1 is 1.19 bits per heavy atom. The predicted molar refractivity (Wildman–Crippen MR) is 132 cm³/mol. The van der Waals surface area contributed by atoms with Crippen LogP contribution in [0.5, 0.6) is 0 Å².